The van der Waals surface area contributed by atoms with Crippen LogP contribution in [0.5, 0.6) is 0 Å². The lowest BCUT2D eigenvalue weighted by molar-refractivity contribution is -0.117. The molecule has 2 aliphatic rings. The van der Waals surface area contributed by atoms with Crippen LogP contribution in [0.2, 0.25) is 0 Å². The van der Waals surface area contributed by atoms with Crippen molar-refractivity contribution in [3.63, 3.8) is 0 Å². The van der Waals surface area contributed by atoms with E-state index in [-0.39, 0.29) is 11.8 Å². The van der Waals surface area contributed by atoms with Crippen LogP contribution in [-0.2, 0) is 11.2 Å². The SMILES string of the molecule is CN1C(=O)Cc2cc(N3CCN(C(=O)c4cccc(C#N)c4)CC3)ccc21. The van der Waals surface area contributed by atoms with Gasteiger partial charge in [0.05, 0.1) is 18.1 Å². The van der Waals surface area contributed by atoms with Gasteiger partial charge in [-0.3, -0.25) is 9.59 Å². The lowest BCUT2D eigenvalue weighted by Crippen LogP contribution is -2.48. The summed E-state index contributed by atoms with van der Waals surface area (Å²) in [6.07, 6.45) is 0.452. The van der Waals surface area contributed by atoms with Crippen molar-refractivity contribution < 1.29 is 9.59 Å². The average Bonchev–Trinajstić information content (AvgIpc) is 3.00. The van der Waals surface area contributed by atoms with Crippen LogP contribution in [0.1, 0.15) is 21.5 Å². The van der Waals surface area contributed by atoms with Gasteiger partial charge < -0.3 is 14.7 Å². The summed E-state index contributed by atoms with van der Waals surface area (Å²) in [5.41, 5.74) is 4.19. The second-order valence-electron chi connectivity index (χ2n) is 6.91. The van der Waals surface area contributed by atoms with Crippen molar-refractivity contribution >= 4 is 23.2 Å². The molecule has 1 fully saturated rings. The van der Waals surface area contributed by atoms with Crippen molar-refractivity contribution in [3.8, 4) is 6.07 Å². The molecule has 0 unspecified atom stereocenters. The summed E-state index contributed by atoms with van der Waals surface area (Å²) in [7, 11) is 1.81. The van der Waals surface area contributed by atoms with Gasteiger partial charge in [-0.25, -0.2) is 0 Å². The lowest BCUT2D eigenvalue weighted by atomic mass is 10.1. The zero-order chi connectivity index (χ0) is 19.0. The highest BCUT2D eigenvalue weighted by Crippen LogP contribution is 2.31. The molecular formula is C21H20N4O2. The zero-order valence-corrected chi connectivity index (χ0v) is 15.2. The third-order valence-electron chi connectivity index (χ3n) is 5.31. The molecule has 0 saturated carbocycles. The van der Waals surface area contributed by atoms with Crippen LogP contribution >= 0.6 is 0 Å². The lowest BCUT2D eigenvalue weighted by Gasteiger charge is -2.36. The largest absolute Gasteiger partial charge is 0.368 e. The van der Waals surface area contributed by atoms with E-state index in [1.54, 1.807) is 36.2 Å². The second-order valence-corrected chi connectivity index (χ2v) is 6.91. The fourth-order valence-electron chi connectivity index (χ4n) is 3.73. The van der Waals surface area contributed by atoms with Crippen LogP contribution in [0.4, 0.5) is 11.4 Å². The maximum Gasteiger partial charge on any atom is 0.254 e. The first-order valence-corrected chi connectivity index (χ1v) is 9.00. The Morgan fingerprint density at radius 2 is 1.85 bits per heavy atom. The molecular weight excluding hydrogens is 340 g/mol. The number of rotatable bonds is 2. The number of likely N-dealkylation sites (N-methyl/N-ethyl adjacent to an activating group) is 1. The Balaban J connectivity index is 1.44. The summed E-state index contributed by atoms with van der Waals surface area (Å²) in [5, 5.41) is 9.01. The minimum Gasteiger partial charge on any atom is -0.368 e. The number of carbonyl (C=O) groups is 2. The van der Waals surface area contributed by atoms with E-state index in [0.717, 1.165) is 30.0 Å². The van der Waals surface area contributed by atoms with Gasteiger partial charge in [-0.2, -0.15) is 5.26 Å². The highest BCUT2D eigenvalue weighted by atomic mass is 16.2. The maximum atomic E-state index is 12.7. The fraction of sp³-hybridized carbons (Fsp3) is 0.286. The fourth-order valence-corrected chi connectivity index (χ4v) is 3.73. The van der Waals surface area contributed by atoms with E-state index in [1.165, 1.54) is 0 Å². The number of nitrogens with zero attached hydrogens (tertiary/aromatic N) is 4. The van der Waals surface area contributed by atoms with Gasteiger partial charge in [0.2, 0.25) is 5.91 Å². The van der Waals surface area contributed by atoms with E-state index >= 15 is 0 Å². The second kappa shape index (κ2) is 6.76. The van der Waals surface area contributed by atoms with Crippen LogP contribution in [0, 0.1) is 11.3 Å². The molecule has 2 aromatic rings. The molecule has 0 spiro atoms. The number of amides is 2. The van der Waals surface area contributed by atoms with E-state index in [2.05, 4.69) is 17.0 Å². The Morgan fingerprint density at radius 3 is 2.59 bits per heavy atom. The third kappa shape index (κ3) is 3.13. The first-order chi connectivity index (χ1) is 13.1. The quantitative estimate of drug-likeness (QED) is 0.822. The molecule has 4 rings (SSSR count). The number of nitriles is 1. The Hall–Kier alpha value is -3.33. The number of fused-ring (bicyclic) bond motifs is 1. The Bertz CT molecular complexity index is 955. The molecule has 0 aromatic heterocycles. The molecule has 6 heteroatoms. The summed E-state index contributed by atoms with van der Waals surface area (Å²) in [5.74, 6) is 0.0880. The summed E-state index contributed by atoms with van der Waals surface area (Å²) < 4.78 is 0. The van der Waals surface area contributed by atoms with E-state index in [4.69, 9.17) is 5.26 Å². The molecule has 0 aliphatic carbocycles. The monoisotopic (exact) mass is 360 g/mol. The van der Waals surface area contributed by atoms with E-state index in [9.17, 15) is 9.59 Å². The van der Waals surface area contributed by atoms with E-state index in [0.29, 0.717) is 30.6 Å². The summed E-state index contributed by atoms with van der Waals surface area (Å²) in [6.45, 7) is 2.75. The van der Waals surface area contributed by atoms with Crippen LogP contribution < -0.4 is 9.80 Å². The van der Waals surface area contributed by atoms with E-state index < -0.39 is 0 Å². The first kappa shape index (κ1) is 17.1. The number of piperazine rings is 1. The number of hydrogen-bond acceptors (Lipinski definition) is 4. The van der Waals surface area contributed by atoms with Gasteiger partial charge in [0.25, 0.3) is 5.91 Å². The Kier molecular flexibility index (Phi) is 4.28. The zero-order valence-electron chi connectivity index (χ0n) is 15.2. The summed E-state index contributed by atoms with van der Waals surface area (Å²) in [4.78, 5) is 30.3. The molecule has 2 heterocycles. The molecule has 2 aromatic carbocycles. The van der Waals surface area contributed by atoms with Crippen molar-refractivity contribution in [2.24, 2.45) is 0 Å². The molecule has 6 nitrogen and oxygen atoms in total. The third-order valence-corrected chi connectivity index (χ3v) is 5.31. The molecule has 2 amide bonds. The number of anilines is 2. The van der Waals surface area contributed by atoms with Crippen molar-refractivity contribution in [1.82, 2.24) is 4.90 Å². The van der Waals surface area contributed by atoms with Crippen molar-refractivity contribution in [2.45, 2.75) is 6.42 Å². The average molecular weight is 360 g/mol. The van der Waals surface area contributed by atoms with Gasteiger partial charge in [-0.05, 0) is 42.0 Å². The maximum absolute atomic E-state index is 12.7. The predicted octanol–water partition coefficient (Wildman–Crippen LogP) is 2.04. The molecule has 0 bridgehead atoms. The topological polar surface area (TPSA) is 67.7 Å². The Labute approximate surface area is 158 Å². The normalized spacial score (nSPS) is 16.3. The molecule has 0 radical (unpaired) electrons. The van der Waals surface area contributed by atoms with Gasteiger partial charge in [-0.1, -0.05) is 6.07 Å². The van der Waals surface area contributed by atoms with Crippen LogP contribution in [0.3, 0.4) is 0 Å². The Morgan fingerprint density at radius 1 is 1.07 bits per heavy atom. The first-order valence-electron chi connectivity index (χ1n) is 9.00. The van der Waals surface area contributed by atoms with Gasteiger partial charge in [0, 0.05) is 50.2 Å². The molecule has 2 aliphatic heterocycles. The van der Waals surface area contributed by atoms with Crippen molar-refractivity contribution in [2.75, 3.05) is 43.0 Å². The van der Waals surface area contributed by atoms with Gasteiger partial charge >= 0.3 is 0 Å². The van der Waals surface area contributed by atoms with Gasteiger partial charge in [0.15, 0.2) is 0 Å². The van der Waals surface area contributed by atoms with Gasteiger partial charge in [-0.15, -0.1) is 0 Å². The summed E-state index contributed by atoms with van der Waals surface area (Å²) in [6, 6.07) is 15.0. The molecule has 1 saturated heterocycles. The number of benzene rings is 2. The molecule has 0 atom stereocenters. The minimum atomic E-state index is -0.0343. The predicted molar refractivity (Wildman–Crippen MR) is 103 cm³/mol. The van der Waals surface area contributed by atoms with Gasteiger partial charge in [0.1, 0.15) is 0 Å². The number of hydrogen-bond donors (Lipinski definition) is 0. The highest BCUT2D eigenvalue weighted by Gasteiger charge is 2.26. The number of carbonyl (C=O) groups excluding carboxylic acids is 2. The smallest absolute Gasteiger partial charge is 0.254 e. The van der Waals surface area contributed by atoms with Crippen LogP contribution in [0.15, 0.2) is 42.5 Å². The van der Waals surface area contributed by atoms with Crippen molar-refractivity contribution in [3.05, 3.63) is 59.2 Å². The minimum absolute atomic E-state index is 0.0343. The molecule has 0 N–H and O–H groups in total. The van der Waals surface area contributed by atoms with E-state index in [1.807, 2.05) is 17.0 Å². The molecule has 27 heavy (non-hydrogen) atoms. The summed E-state index contributed by atoms with van der Waals surface area (Å²) >= 11 is 0. The van der Waals surface area contributed by atoms with Crippen LogP contribution in [0.25, 0.3) is 0 Å². The molecule has 136 valence electrons. The standard InChI is InChI=1S/C21H20N4O2/c1-23-19-6-5-18(12-17(19)13-20(23)26)24-7-9-25(10-8-24)21(27)16-4-2-3-15(11-16)14-22/h2-6,11-12H,7-10,13H2,1H3. The highest BCUT2D eigenvalue weighted by molar-refractivity contribution is 6.01. The van der Waals surface area contributed by atoms with Crippen molar-refractivity contribution in [1.29, 1.82) is 5.26 Å². The van der Waals surface area contributed by atoms with Crippen LogP contribution in [-0.4, -0.2) is 49.9 Å².